The maximum atomic E-state index is 12.9. The number of methoxy groups -OCH3 is 1. The molecule has 0 spiro atoms. The van der Waals surface area contributed by atoms with Gasteiger partial charge in [0.15, 0.2) is 6.61 Å². The molecular weight excluding hydrogens is 382 g/mol. The van der Waals surface area contributed by atoms with Gasteiger partial charge in [0, 0.05) is 24.8 Å². The number of nitrogens with zero attached hydrogens (tertiary/aromatic N) is 3. The second-order valence-electron chi connectivity index (χ2n) is 6.55. The summed E-state index contributed by atoms with van der Waals surface area (Å²) >= 11 is 0. The Morgan fingerprint density at radius 2 is 1.77 bits per heavy atom. The molecule has 0 bridgehead atoms. The summed E-state index contributed by atoms with van der Waals surface area (Å²) in [5, 5.41) is 4.61. The Morgan fingerprint density at radius 1 is 1.03 bits per heavy atom. The second-order valence-corrected chi connectivity index (χ2v) is 6.55. The number of benzene rings is 2. The minimum absolute atomic E-state index is 0.230. The first kappa shape index (κ1) is 21.1. The molecular formula is C23H25N3O4. The van der Waals surface area contributed by atoms with Gasteiger partial charge in [0.2, 0.25) is 0 Å². The zero-order valence-electron chi connectivity index (χ0n) is 17.4. The van der Waals surface area contributed by atoms with Gasteiger partial charge < -0.3 is 14.4 Å². The lowest BCUT2D eigenvalue weighted by Crippen LogP contribution is -2.34. The van der Waals surface area contributed by atoms with Gasteiger partial charge in [0.1, 0.15) is 17.0 Å². The van der Waals surface area contributed by atoms with E-state index >= 15 is 0 Å². The Bertz CT molecular complexity index is 1010. The van der Waals surface area contributed by atoms with Crippen LogP contribution in [0.5, 0.6) is 5.75 Å². The first-order valence-corrected chi connectivity index (χ1v) is 9.81. The molecule has 3 aromatic rings. The number of para-hydroxylation sites is 1. The fourth-order valence-electron chi connectivity index (χ4n) is 3.09. The van der Waals surface area contributed by atoms with Crippen LogP contribution in [0.1, 0.15) is 24.2 Å². The van der Waals surface area contributed by atoms with Crippen LogP contribution >= 0.6 is 0 Å². The number of rotatable bonds is 8. The third-order valence-corrected chi connectivity index (χ3v) is 4.74. The largest absolute Gasteiger partial charge is 0.497 e. The van der Waals surface area contributed by atoms with E-state index in [0.717, 1.165) is 5.69 Å². The highest BCUT2D eigenvalue weighted by molar-refractivity contribution is 5.97. The summed E-state index contributed by atoms with van der Waals surface area (Å²) in [6.07, 6.45) is 1.62. The van der Waals surface area contributed by atoms with E-state index < -0.39 is 5.97 Å². The van der Waals surface area contributed by atoms with Gasteiger partial charge in [-0.15, -0.1) is 0 Å². The molecule has 0 fully saturated rings. The Morgan fingerprint density at radius 3 is 2.43 bits per heavy atom. The molecule has 0 atom stereocenters. The van der Waals surface area contributed by atoms with E-state index in [1.54, 1.807) is 29.0 Å². The first-order valence-electron chi connectivity index (χ1n) is 9.81. The number of hydrogen-bond acceptors (Lipinski definition) is 5. The van der Waals surface area contributed by atoms with Crippen LogP contribution in [0.2, 0.25) is 0 Å². The van der Waals surface area contributed by atoms with Gasteiger partial charge in [0.05, 0.1) is 12.8 Å². The van der Waals surface area contributed by atoms with E-state index in [-0.39, 0.29) is 18.1 Å². The number of amides is 1. The highest BCUT2D eigenvalue weighted by Crippen LogP contribution is 2.27. The summed E-state index contributed by atoms with van der Waals surface area (Å²) < 4.78 is 12.2. The highest BCUT2D eigenvalue weighted by atomic mass is 16.5. The molecule has 1 aromatic heterocycles. The van der Waals surface area contributed by atoms with Crippen molar-refractivity contribution in [3.63, 3.8) is 0 Å². The lowest BCUT2D eigenvalue weighted by atomic mass is 10.1. The second kappa shape index (κ2) is 9.73. The minimum atomic E-state index is -0.601. The Hall–Kier alpha value is -3.61. The molecule has 7 heteroatoms. The van der Waals surface area contributed by atoms with E-state index in [0.29, 0.717) is 30.1 Å². The van der Waals surface area contributed by atoms with Crippen molar-refractivity contribution in [3.8, 4) is 22.7 Å². The number of aromatic nitrogens is 2. The molecule has 156 valence electrons. The van der Waals surface area contributed by atoms with Gasteiger partial charge in [-0.2, -0.15) is 5.10 Å². The number of ether oxygens (including phenoxy) is 2. The summed E-state index contributed by atoms with van der Waals surface area (Å²) in [7, 11) is 1.58. The van der Waals surface area contributed by atoms with Gasteiger partial charge in [-0.1, -0.05) is 30.3 Å². The molecule has 3 rings (SSSR count). The molecule has 0 saturated carbocycles. The average Bonchev–Trinajstić information content (AvgIpc) is 3.24. The molecule has 0 N–H and O–H groups in total. The predicted octanol–water partition coefficient (Wildman–Crippen LogP) is 3.57. The van der Waals surface area contributed by atoms with E-state index in [1.165, 1.54) is 0 Å². The van der Waals surface area contributed by atoms with Crippen LogP contribution in [0.15, 0.2) is 60.8 Å². The molecule has 0 aliphatic rings. The van der Waals surface area contributed by atoms with Gasteiger partial charge in [-0.3, -0.25) is 4.79 Å². The van der Waals surface area contributed by atoms with Crippen molar-refractivity contribution in [2.75, 3.05) is 26.8 Å². The van der Waals surface area contributed by atoms with Gasteiger partial charge in [-0.25, -0.2) is 9.48 Å². The Balaban J connectivity index is 1.94. The molecule has 2 aromatic carbocycles. The van der Waals surface area contributed by atoms with Crippen LogP contribution in [0, 0.1) is 0 Å². The summed E-state index contributed by atoms with van der Waals surface area (Å²) in [6, 6.07) is 16.8. The van der Waals surface area contributed by atoms with Gasteiger partial charge >= 0.3 is 5.97 Å². The zero-order chi connectivity index (χ0) is 21.5. The number of carbonyl (C=O) groups is 2. The van der Waals surface area contributed by atoms with Crippen molar-refractivity contribution in [1.82, 2.24) is 14.7 Å². The third-order valence-electron chi connectivity index (χ3n) is 4.74. The number of likely N-dealkylation sites (N-methyl/N-ethyl adjacent to an activating group) is 1. The van der Waals surface area contributed by atoms with Crippen molar-refractivity contribution in [1.29, 1.82) is 0 Å². The highest BCUT2D eigenvalue weighted by Gasteiger charge is 2.22. The first-order chi connectivity index (χ1) is 14.6. The monoisotopic (exact) mass is 407 g/mol. The van der Waals surface area contributed by atoms with Crippen LogP contribution < -0.4 is 4.74 Å². The minimum Gasteiger partial charge on any atom is -0.497 e. The van der Waals surface area contributed by atoms with Crippen molar-refractivity contribution in [2.45, 2.75) is 13.8 Å². The summed E-state index contributed by atoms with van der Waals surface area (Å²) in [5.74, 6) is -0.181. The molecule has 1 heterocycles. The van der Waals surface area contributed by atoms with Crippen molar-refractivity contribution < 1.29 is 19.1 Å². The van der Waals surface area contributed by atoms with E-state index in [1.807, 2.05) is 62.4 Å². The number of carbonyl (C=O) groups excluding carboxylic acids is 2. The number of hydrogen-bond donors (Lipinski definition) is 0. The van der Waals surface area contributed by atoms with Crippen LogP contribution in [0.3, 0.4) is 0 Å². The summed E-state index contributed by atoms with van der Waals surface area (Å²) in [6.45, 7) is 4.58. The van der Waals surface area contributed by atoms with Crippen molar-refractivity contribution >= 4 is 11.9 Å². The quantitative estimate of drug-likeness (QED) is 0.534. The molecule has 0 radical (unpaired) electrons. The van der Waals surface area contributed by atoms with Crippen LogP contribution in [-0.2, 0) is 9.53 Å². The maximum absolute atomic E-state index is 12.9. The fourth-order valence-corrected chi connectivity index (χ4v) is 3.09. The molecule has 0 unspecified atom stereocenters. The zero-order valence-corrected chi connectivity index (χ0v) is 17.4. The summed E-state index contributed by atoms with van der Waals surface area (Å²) in [5.41, 5.74) is 2.25. The number of esters is 1. The lowest BCUT2D eigenvalue weighted by molar-refractivity contribution is -0.134. The Labute approximate surface area is 175 Å². The van der Waals surface area contributed by atoms with E-state index in [9.17, 15) is 9.59 Å². The van der Waals surface area contributed by atoms with E-state index in [4.69, 9.17) is 9.47 Å². The van der Waals surface area contributed by atoms with E-state index in [2.05, 4.69) is 5.10 Å². The molecule has 0 aliphatic heterocycles. The van der Waals surface area contributed by atoms with Gasteiger partial charge in [-0.05, 0) is 38.1 Å². The van der Waals surface area contributed by atoms with Crippen molar-refractivity contribution in [3.05, 3.63) is 66.4 Å². The predicted molar refractivity (Wildman–Crippen MR) is 114 cm³/mol. The molecule has 1 amide bonds. The fraction of sp³-hybridized carbons (Fsp3) is 0.261. The normalized spacial score (nSPS) is 10.5. The van der Waals surface area contributed by atoms with Crippen LogP contribution in [0.25, 0.3) is 16.9 Å². The van der Waals surface area contributed by atoms with Crippen LogP contribution in [-0.4, -0.2) is 53.4 Å². The van der Waals surface area contributed by atoms with Gasteiger partial charge in [0.25, 0.3) is 5.91 Å². The smallest absolute Gasteiger partial charge is 0.342 e. The van der Waals surface area contributed by atoms with Crippen LogP contribution in [0.4, 0.5) is 0 Å². The summed E-state index contributed by atoms with van der Waals surface area (Å²) in [4.78, 5) is 26.7. The lowest BCUT2D eigenvalue weighted by Gasteiger charge is -2.18. The Kier molecular flexibility index (Phi) is 6.85. The molecule has 0 aliphatic carbocycles. The standard InChI is InChI=1S/C23H25N3O4/c1-4-25(5-2)21(27)16-30-23(28)20-15-26(18-11-7-6-8-12-18)24-22(20)17-10-9-13-19(14-17)29-3/h6-15H,4-5,16H2,1-3H3. The molecule has 0 saturated heterocycles. The maximum Gasteiger partial charge on any atom is 0.342 e. The average molecular weight is 407 g/mol. The van der Waals surface area contributed by atoms with Crippen molar-refractivity contribution in [2.24, 2.45) is 0 Å². The molecule has 30 heavy (non-hydrogen) atoms. The topological polar surface area (TPSA) is 73.7 Å². The molecule has 7 nitrogen and oxygen atoms in total. The third kappa shape index (κ3) is 4.68. The SMILES string of the molecule is CCN(CC)C(=O)COC(=O)c1cn(-c2ccccc2)nc1-c1cccc(OC)c1.